The summed E-state index contributed by atoms with van der Waals surface area (Å²) in [5, 5.41) is 20.1. The predicted molar refractivity (Wildman–Crippen MR) is 74.2 cm³/mol. The second-order valence-corrected chi connectivity index (χ2v) is 4.95. The van der Waals surface area contributed by atoms with Crippen LogP contribution in [-0.2, 0) is 4.79 Å². The van der Waals surface area contributed by atoms with E-state index < -0.39 is 16.8 Å². The molecule has 3 N–H and O–H groups in total. The topological polar surface area (TPSA) is 127 Å². The van der Waals surface area contributed by atoms with Gasteiger partial charge >= 0.3 is 5.97 Å². The van der Waals surface area contributed by atoms with Gasteiger partial charge in [-0.3, -0.25) is 14.9 Å². The number of non-ortho nitro benzene ring substituents is 1. The van der Waals surface area contributed by atoms with Crippen molar-refractivity contribution >= 4 is 23.3 Å². The van der Waals surface area contributed by atoms with E-state index in [4.69, 9.17) is 5.73 Å². The summed E-state index contributed by atoms with van der Waals surface area (Å²) in [6.45, 7) is 0.808. The normalized spacial score (nSPS) is 18.3. The summed E-state index contributed by atoms with van der Waals surface area (Å²) in [7, 11) is 0. The summed E-state index contributed by atoms with van der Waals surface area (Å²) in [4.78, 5) is 34.5. The van der Waals surface area contributed by atoms with Crippen molar-refractivity contribution in [2.75, 3.05) is 18.0 Å². The molecule has 1 unspecified atom stereocenters. The number of nitro groups is 1. The summed E-state index contributed by atoms with van der Waals surface area (Å²) in [6, 6.07) is 3.60. The molecule has 0 spiro atoms. The third kappa shape index (κ3) is 3.10. The molecule has 0 aliphatic carbocycles. The summed E-state index contributed by atoms with van der Waals surface area (Å²) in [6.07, 6.45) is 1.32. The number of rotatable bonds is 4. The van der Waals surface area contributed by atoms with E-state index in [1.807, 2.05) is 0 Å². The van der Waals surface area contributed by atoms with Gasteiger partial charge in [0.15, 0.2) is 0 Å². The van der Waals surface area contributed by atoms with Gasteiger partial charge in [0.25, 0.3) is 5.69 Å². The number of hydrogen-bond donors (Lipinski definition) is 2. The molecule has 1 fully saturated rings. The van der Waals surface area contributed by atoms with E-state index in [0.717, 1.165) is 6.07 Å². The molecular weight excluding hydrogens is 278 g/mol. The number of carboxylic acids is 1. The van der Waals surface area contributed by atoms with Crippen LogP contribution in [0.4, 0.5) is 11.4 Å². The first-order chi connectivity index (χ1) is 9.90. The van der Waals surface area contributed by atoms with Crippen molar-refractivity contribution in [2.24, 2.45) is 11.7 Å². The van der Waals surface area contributed by atoms with Crippen molar-refractivity contribution in [1.82, 2.24) is 0 Å². The minimum atomic E-state index is -1.17. The second kappa shape index (κ2) is 5.78. The molecule has 8 nitrogen and oxygen atoms in total. The summed E-state index contributed by atoms with van der Waals surface area (Å²) >= 11 is 0. The van der Waals surface area contributed by atoms with Gasteiger partial charge in [0.1, 0.15) is 0 Å². The van der Waals surface area contributed by atoms with Crippen LogP contribution in [0.5, 0.6) is 0 Å². The number of carboxylic acid groups (broad SMARTS) is 1. The number of benzene rings is 1. The number of carbonyl (C=O) groups excluding carboxylic acids is 1. The molecule has 1 aliphatic heterocycles. The number of primary amides is 1. The van der Waals surface area contributed by atoms with E-state index in [0.29, 0.717) is 19.4 Å². The lowest BCUT2D eigenvalue weighted by Gasteiger charge is -2.33. The maximum atomic E-state index is 11.3. The fourth-order valence-electron chi connectivity index (χ4n) is 2.50. The van der Waals surface area contributed by atoms with Crippen molar-refractivity contribution in [1.29, 1.82) is 0 Å². The molecule has 1 aromatic rings. The average molecular weight is 293 g/mol. The van der Waals surface area contributed by atoms with Crippen LogP contribution in [-0.4, -0.2) is 35.0 Å². The molecule has 0 aromatic heterocycles. The Morgan fingerprint density at radius 1 is 1.43 bits per heavy atom. The maximum absolute atomic E-state index is 11.3. The predicted octanol–water partition coefficient (Wildman–Crippen LogP) is 0.995. The van der Waals surface area contributed by atoms with Crippen molar-refractivity contribution in [3.63, 3.8) is 0 Å². The van der Waals surface area contributed by atoms with E-state index in [2.05, 4.69) is 0 Å². The smallest absolute Gasteiger partial charge is 0.337 e. The van der Waals surface area contributed by atoms with Crippen LogP contribution in [0.25, 0.3) is 0 Å². The monoisotopic (exact) mass is 293 g/mol. The molecular formula is C13H15N3O5. The molecule has 1 aliphatic rings. The number of nitro benzene ring substituents is 1. The van der Waals surface area contributed by atoms with Gasteiger partial charge in [0.2, 0.25) is 5.91 Å². The van der Waals surface area contributed by atoms with Crippen LogP contribution in [0.1, 0.15) is 23.2 Å². The number of carbonyl (C=O) groups is 2. The largest absolute Gasteiger partial charge is 0.478 e. The number of hydrogen-bond acceptors (Lipinski definition) is 5. The number of piperidine rings is 1. The van der Waals surface area contributed by atoms with Gasteiger partial charge in [-0.1, -0.05) is 0 Å². The number of aromatic carboxylic acids is 1. The Morgan fingerprint density at radius 2 is 2.14 bits per heavy atom. The number of nitrogens with two attached hydrogens (primary N) is 1. The van der Waals surface area contributed by atoms with Gasteiger partial charge in [-0.15, -0.1) is 0 Å². The lowest BCUT2D eigenvalue weighted by molar-refractivity contribution is -0.384. The SMILES string of the molecule is NC(=O)C1CCCN(c2cc([N+](=O)[O-])ccc2C(=O)O)C1. The van der Waals surface area contributed by atoms with Gasteiger partial charge < -0.3 is 15.7 Å². The fourth-order valence-corrected chi connectivity index (χ4v) is 2.50. The van der Waals surface area contributed by atoms with Crippen molar-refractivity contribution in [2.45, 2.75) is 12.8 Å². The van der Waals surface area contributed by atoms with E-state index >= 15 is 0 Å². The van der Waals surface area contributed by atoms with Crippen LogP contribution >= 0.6 is 0 Å². The van der Waals surface area contributed by atoms with E-state index in [1.165, 1.54) is 12.1 Å². The van der Waals surface area contributed by atoms with Crippen LogP contribution in [0.2, 0.25) is 0 Å². The average Bonchev–Trinajstić information content (AvgIpc) is 2.46. The van der Waals surface area contributed by atoms with Gasteiger partial charge in [-0.25, -0.2) is 4.79 Å². The Bertz CT molecular complexity index is 601. The van der Waals surface area contributed by atoms with Crippen LogP contribution < -0.4 is 10.6 Å². The van der Waals surface area contributed by atoms with Crippen LogP contribution in [0.15, 0.2) is 18.2 Å². The van der Waals surface area contributed by atoms with E-state index in [-0.39, 0.29) is 29.4 Å². The zero-order valence-electron chi connectivity index (χ0n) is 11.2. The molecule has 1 aromatic carbocycles. The highest BCUT2D eigenvalue weighted by molar-refractivity contribution is 5.95. The Morgan fingerprint density at radius 3 is 2.71 bits per heavy atom. The highest BCUT2D eigenvalue weighted by Gasteiger charge is 2.27. The molecule has 112 valence electrons. The fraction of sp³-hybridized carbons (Fsp3) is 0.385. The highest BCUT2D eigenvalue weighted by Crippen LogP contribution is 2.30. The number of amides is 1. The van der Waals surface area contributed by atoms with Gasteiger partial charge in [-0.2, -0.15) is 0 Å². The quantitative estimate of drug-likeness (QED) is 0.629. The van der Waals surface area contributed by atoms with E-state index in [9.17, 15) is 24.8 Å². The second-order valence-electron chi connectivity index (χ2n) is 4.95. The zero-order valence-corrected chi connectivity index (χ0v) is 11.2. The zero-order chi connectivity index (χ0) is 15.6. The minimum Gasteiger partial charge on any atom is -0.478 e. The lowest BCUT2D eigenvalue weighted by atomic mass is 9.96. The third-order valence-electron chi connectivity index (χ3n) is 3.59. The molecule has 1 saturated heterocycles. The number of anilines is 1. The molecule has 0 radical (unpaired) electrons. The standard InChI is InChI=1S/C13H15N3O5/c14-12(17)8-2-1-5-15(7-8)11-6-9(16(20)21)3-4-10(11)13(18)19/h3-4,6,8H,1-2,5,7H2,(H2,14,17)(H,18,19). The Labute approximate surface area is 120 Å². The molecule has 2 rings (SSSR count). The molecule has 0 saturated carbocycles. The molecule has 21 heavy (non-hydrogen) atoms. The van der Waals surface area contributed by atoms with Crippen molar-refractivity contribution in [3.8, 4) is 0 Å². The van der Waals surface area contributed by atoms with Gasteiger partial charge in [-0.05, 0) is 18.9 Å². The molecule has 8 heteroatoms. The molecule has 0 bridgehead atoms. The van der Waals surface area contributed by atoms with Crippen molar-refractivity contribution < 1.29 is 19.6 Å². The maximum Gasteiger partial charge on any atom is 0.337 e. The van der Waals surface area contributed by atoms with Gasteiger partial charge in [0.05, 0.1) is 22.1 Å². The first-order valence-electron chi connectivity index (χ1n) is 6.46. The minimum absolute atomic E-state index is 0.0225. The molecule has 1 heterocycles. The number of nitrogens with zero attached hydrogens (tertiary/aromatic N) is 2. The van der Waals surface area contributed by atoms with Gasteiger partial charge in [0, 0.05) is 25.2 Å². The summed E-state index contributed by atoms with van der Waals surface area (Å²) in [5.74, 6) is -1.98. The summed E-state index contributed by atoms with van der Waals surface area (Å²) < 4.78 is 0. The summed E-state index contributed by atoms with van der Waals surface area (Å²) in [5.41, 5.74) is 5.34. The van der Waals surface area contributed by atoms with E-state index in [1.54, 1.807) is 4.90 Å². The Balaban J connectivity index is 2.40. The Kier molecular flexibility index (Phi) is 4.06. The van der Waals surface area contributed by atoms with Crippen molar-refractivity contribution in [3.05, 3.63) is 33.9 Å². The highest BCUT2D eigenvalue weighted by atomic mass is 16.6. The first-order valence-corrected chi connectivity index (χ1v) is 6.46. The molecule has 1 amide bonds. The lowest BCUT2D eigenvalue weighted by Crippen LogP contribution is -2.41. The van der Waals surface area contributed by atoms with Crippen LogP contribution in [0, 0.1) is 16.0 Å². The first kappa shape index (κ1) is 14.8. The molecule has 1 atom stereocenters. The Hall–Kier alpha value is -2.64. The van der Waals surface area contributed by atoms with Crippen LogP contribution in [0.3, 0.4) is 0 Å². The third-order valence-corrected chi connectivity index (χ3v) is 3.59.